The van der Waals surface area contributed by atoms with E-state index in [0.717, 1.165) is 28.5 Å². The molecule has 0 fully saturated rings. The molecule has 0 spiro atoms. The summed E-state index contributed by atoms with van der Waals surface area (Å²) in [5, 5.41) is 14.4. The van der Waals surface area contributed by atoms with Crippen LogP contribution >= 0.6 is 0 Å². The van der Waals surface area contributed by atoms with E-state index in [4.69, 9.17) is 0 Å². The first kappa shape index (κ1) is 18.2. The van der Waals surface area contributed by atoms with E-state index >= 15 is 0 Å². The average molecular weight is 350 g/mol. The van der Waals surface area contributed by atoms with Crippen LogP contribution in [-0.2, 0) is 13.1 Å². The minimum Gasteiger partial charge on any atom is -0.477 e. The van der Waals surface area contributed by atoms with Gasteiger partial charge in [0.25, 0.3) is 0 Å². The summed E-state index contributed by atoms with van der Waals surface area (Å²) in [6.07, 6.45) is 1.00. The standard InChI is InChI=1S/C22H26N2O2/c1-4-16(3)23-13-19-18-7-5-6-8-20(18)24(21(19)22(25)26)14-17-11-9-15(2)10-12-17/h5-12,16,23H,4,13-14H2,1-3H3,(H,25,26)/t16-/m0/s1. The number of fused-ring (bicyclic) bond motifs is 1. The van der Waals surface area contributed by atoms with Gasteiger partial charge >= 0.3 is 5.97 Å². The number of rotatable bonds is 7. The molecule has 4 heteroatoms. The monoisotopic (exact) mass is 350 g/mol. The number of benzene rings is 2. The molecule has 0 radical (unpaired) electrons. The molecule has 136 valence electrons. The lowest BCUT2D eigenvalue weighted by Gasteiger charge is -2.12. The van der Waals surface area contributed by atoms with Crippen molar-refractivity contribution in [3.8, 4) is 0 Å². The van der Waals surface area contributed by atoms with Gasteiger partial charge in [-0.15, -0.1) is 0 Å². The number of hydrogen-bond donors (Lipinski definition) is 2. The Labute approximate surface area is 154 Å². The second-order valence-corrected chi connectivity index (χ2v) is 6.91. The number of carboxylic acids is 1. The molecule has 0 aliphatic heterocycles. The third kappa shape index (κ3) is 3.65. The molecule has 0 unspecified atom stereocenters. The molecule has 2 aromatic carbocycles. The van der Waals surface area contributed by atoms with Gasteiger partial charge in [-0.25, -0.2) is 4.79 Å². The largest absolute Gasteiger partial charge is 0.477 e. The Morgan fingerprint density at radius 2 is 1.85 bits per heavy atom. The summed E-state index contributed by atoms with van der Waals surface area (Å²) in [5.41, 5.74) is 4.50. The molecule has 4 nitrogen and oxygen atoms in total. The first-order valence-electron chi connectivity index (χ1n) is 9.13. The Morgan fingerprint density at radius 3 is 2.50 bits per heavy atom. The van der Waals surface area contributed by atoms with E-state index < -0.39 is 5.97 Å². The van der Waals surface area contributed by atoms with E-state index in [0.29, 0.717) is 24.8 Å². The van der Waals surface area contributed by atoms with Crippen molar-refractivity contribution >= 4 is 16.9 Å². The smallest absolute Gasteiger partial charge is 0.352 e. The molecular formula is C22H26N2O2. The third-order valence-corrected chi connectivity index (χ3v) is 4.98. The first-order chi connectivity index (χ1) is 12.5. The van der Waals surface area contributed by atoms with Crippen molar-refractivity contribution in [2.24, 2.45) is 0 Å². The van der Waals surface area contributed by atoms with Crippen molar-refractivity contribution in [2.75, 3.05) is 0 Å². The number of aryl methyl sites for hydroxylation is 1. The van der Waals surface area contributed by atoms with Crippen LogP contribution in [-0.4, -0.2) is 21.7 Å². The normalized spacial score (nSPS) is 12.4. The van der Waals surface area contributed by atoms with Crippen LogP contribution in [0.15, 0.2) is 48.5 Å². The van der Waals surface area contributed by atoms with E-state index in [-0.39, 0.29) is 0 Å². The molecule has 1 heterocycles. The molecule has 26 heavy (non-hydrogen) atoms. The Balaban J connectivity index is 2.10. The van der Waals surface area contributed by atoms with E-state index in [1.807, 2.05) is 28.8 Å². The Bertz CT molecular complexity index is 910. The summed E-state index contributed by atoms with van der Waals surface area (Å²) in [6, 6.07) is 16.5. The van der Waals surface area contributed by atoms with Gasteiger partial charge in [0.2, 0.25) is 0 Å². The molecule has 0 aliphatic rings. The molecule has 3 rings (SSSR count). The van der Waals surface area contributed by atoms with Gasteiger partial charge in [0.1, 0.15) is 5.69 Å². The number of carboxylic acid groups (broad SMARTS) is 1. The summed E-state index contributed by atoms with van der Waals surface area (Å²) in [4.78, 5) is 12.1. The highest BCUT2D eigenvalue weighted by Gasteiger charge is 2.22. The lowest BCUT2D eigenvalue weighted by Crippen LogP contribution is -2.25. The van der Waals surface area contributed by atoms with Crippen LogP contribution in [0, 0.1) is 6.92 Å². The molecule has 1 aromatic heterocycles. The topological polar surface area (TPSA) is 54.3 Å². The van der Waals surface area contributed by atoms with E-state index in [1.54, 1.807) is 0 Å². The highest BCUT2D eigenvalue weighted by atomic mass is 16.4. The number of para-hydroxylation sites is 1. The minimum absolute atomic E-state index is 0.343. The van der Waals surface area contributed by atoms with Gasteiger partial charge in [-0.2, -0.15) is 0 Å². The SMILES string of the molecule is CC[C@H](C)NCc1c(C(=O)O)n(Cc2ccc(C)cc2)c2ccccc12. The lowest BCUT2D eigenvalue weighted by molar-refractivity contribution is 0.0684. The van der Waals surface area contributed by atoms with Gasteiger partial charge in [0.05, 0.1) is 0 Å². The molecule has 0 bridgehead atoms. The van der Waals surface area contributed by atoms with E-state index in [9.17, 15) is 9.90 Å². The Hall–Kier alpha value is -2.59. The minimum atomic E-state index is -0.880. The van der Waals surface area contributed by atoms with Gasteiger partial charge in [-0.1, -0.05) is 55.0 Å². The summed E-state index contributed by atoms with van der Waals surface area (Å²) in [6.45, 7) is 7.39. The van der Waals surface area contributed by atoms with Crippen molar-refractivity contribution in [3.63, 3.8) is 0 Å². The molecule has 1 atom stereocenters. The van der Waals surface area contributed by atoms with Crippen LogP contribution in [0.2, 0.25) is 0 Å². The fourth-order valence-corrected chi connectivity index (χ4v) is 3.26. The fourth-order valence-electron chi connectivity index (χ4n) is 3.26. The molecule has 0 aliphatic carbocycles. The predicted molar refractivity (Wildman–Crippen MR) is 106 cm³/mol. The number of nitrogens with zero attached hydrogens (tertiary/aromatic N) is 1. The molecule has 3 aromatic rings. The van der Waals surface area contributed by atoms with Crippen molar-refractivity contribution < 1.29 is 9.90 Å². The van der Waals surface area contributed by atoms with Crippen LogP contribution in [0.4, 0.5) is 0 Å². The van der Waals surface area contributed by atoms with Crippen molar-refractivity contribution in [1.29, 1.82) is 0 Å². The fraction of sp³-hybridized carbons (Fsp3) is 0.318. The van der Waals surface area contributed by atoms with Gasteiger partial charge < -0.3 is 15.0 Å². The highest BCUT2D eigenvalue weighted by molar-refractivity contribution is 5.98. The molecule has 2 N–H and O–H groups in total. The van der Waals surface area contributed by atoms with Gasteiger partial charge in [0, 0.05) is 35.6 Å². The van der Waals surface area contributed by atoms with Crippen LogP contribution in [0.1, 0.15) is 47.4 Å². The van der Waals surface area contributed by atoms with E-state index in [2.05, 4.69) is 50.4 Å². The highest BCUT2D eigenvalue weighted by Crippen LogP contribution is 2.28. The summed E-state index contributed by atoms with van der Waals surface area (Å²) in [5.74, 6) is -0.880. The Kier molecular flexibility index (Phi) is 5.43. The number of hydrogen-bond acceptors (Lipinski definition) is 2. The van der Waals surface area contributed by atoms with Crippen LogP contribution < -0.4 is 5.32 Å². The number of aromatic carboxylic acids is 1. The zero-order chi connectivity index (χ0) is 18.7. The second-order valence-electron chi connectivity index (χ2n) is 6.91. The molecular weight excluding hydrogens is 324 g/mol. The summed E-state index contributed by atoms with van der Waals surface area (Å²) >= 11 is 0. The Morgan fingerprint density at radius 1 is 1.15 bits per heavy atom. The first-order valence-corrected chi connectivity index (χ1v) is 9.13. The average Bonchev–Trinajstić information content (AvgIpc) is 2.95. The van der Waals surface area contributed by atoms with Gasteiger partial charge in [-0.3, -0.25) is 0 Å². The third-order valence-electron chi connectivity index (χ3n) is 4.98. The zero-order valence-corrected chi connectivity index (χ0v) is 15.6. The second kappa shape index (κ2) is 7.75. The van der Waals surface area contributed by atoms with Crippen LogP contribution in [0.3, 0.4) is 0 Å². The van der Waals surface area contributed by atoms with Gasteiger partial charge in [0.15, 0.2) is 0 Å². The summed E-state index contributed by atoms with van der Waals surface area (Å²) in [7, 11) is 0. The molecule has 0 saturated carbocycles. The number of aromatic nitrogens is 1. The number of carbonyl (C=O) groups is 1. The zero-order valence-electron chi connectivity index (χ0n) is 15.6. The van der Waals surface area contributed by atoms with Crippen molar-refractivity contribution in [2.45, 2.75) is 46.3 Å². The maximum atomic E-state index is 12.1. The summed E-state index contributed by atoms with van der Waals surface area (Å²) < 4.78 is 1.93. The molecule has 0 amide bonds. The van der Waals surface area contributed by atoms with Gasteiger partial charge in [-0.05, 0) is 31.9 Å². The van der Waals surface area contributed by atoms with E-state index in [1.165, 1.54) is 5.56 Å². The van der Waals surface area contributed by atoms with Crippen molar-refractivity contribution in [1.82, 2.24) is 9.88 Å². The predicted octanol–water partition coefficient (Wildman–Crippen LogP) is 4.58. The van der Waals surface area contributed by atoms with Crippen LogP contribution in [0.25, 0.3) is 10.9 Å². The van der Waals surface area contributed by atoms with Crippen LogP contribution in [0.5, 0.6) is 0 Å². The maximum Gasteiger partial charge on any atom is 0.352 e. The lowest BCUT2D eigenvalue weighted by atomic mass is 10.1. The maximum absolute atomic E-state index is 12.1. The van der Waals surface area contributed by atoms with Crippen molar-refractivity contribution in [3.05, 3.63) is 70.9 Å². The number of nitrogens with one attached hydrogen (secondary N) is 1. The molecule has 0 saturated heterocycles. The quantitative estimate of drug-likeness (QED) is 0.655.